The lowest BCUT2D eigenvalue weighted by Gasteiger charge is -2.10. The van der Waals surface area contributed by atoms with Crippen molar-refractivity contribution < 1.29 is 4.21 Å². The minimum atomic E-state index is -1.24. The Kier molecular flexibility index (Phi) is 5.96. The first-order valence-electron chi connectivity index (χ1n) is 8.80. The van der Waals surface area contributed by atoms with Crippen LogP contribution in [0.5, 0.6) is 0 Å². The lowest BCUT2D eigenvalue weighted by atomic mass is 10.1. The van der Waals surface area contributed by atoms with E-state index in [9.17, 15) is 4.21 Å². The van der Waals surface area contributed by atoms with Crippen LogP contribution in [0, 0.1) is 0 Å². The van der Waals surface area contributed by atoms with E-state index in [1.165, 1.54) is 0 Å². The molecule has 0 heterocycles. The monoisotopic (exact) mass is 420 g/mol. The van der Waals surface area contributed by atoms with Gasteiger partial charge in [-0.3, -0.25) is 0 Å². The van der Waals surface area contributed by atoms with Crippen molar-refractivity contribution in [2.24, 2.45) is 0 Å². The van der Waals surface area contributed by atoms with E-state index in [0.29, 0.717) is 5.02 Å². The lowest BCUT2D eigenvalue weighted by Crippen LogP contribution is -1.95. The molecule has 0 spiro atoms. The van der Waals surface area contributed by atoms with Gasteiger partial charge in [0, 0.05) is 19.7 Å². The average molecular weight is 421 g/mol. The minimum absolute atomic E-state index is 0.717. The van der Waals surface area contributed by atoms with E-state index in [4.69, 9.17) is 11.6 Å². The fourth-order valence-corrected chi connectivity index (χ4v) is 5.27. The summed E-state index contributed by atoms with van der Waals surface area (Å²) in [5.74, 6) is 0. The first-order chi connectivity index (χ1) is 13.7. The van der Waals surface area contributed by atoms with Crippen LogP contribution >= 0.6 is 23.4 Å². The fraction of sp³-hybridized carbons (Fsp3) is 0. The molecule has 4 rings (SSSR count). The molecule has 0 fully saturated rings. The Labute approximate surface area is 176 Å². The van der Waals surface area contributed by atoms with Gasteiger partial charge in [0.2, 0.25) is 0 Å². The third kappa shape index (κ3) is 4.39. The van der Waals surface area contributed by atoms with Crippen LogP contribution in [0.1, 0.15) is 0 Å². The van der Waals surface area contributed by atoms with E-state index in [2.05, 4.69) is 12.1 Å². The van der Waals surface area contributed by atoms with Gasteiger partial charge in [-0.2, -0.15) is 0 Å². The zero-order chi connectivity index (χ0) is 19.3. The van der Waals surface area contributed by atoms with Crippen LogP contribution in [-0.2, 0) is 10.8 Å². The minimum Gasteiger partial charge on any atom is -0.249 e. The maximum absolute atomic E-state index is 13.2. The zero-order valence-electron chi connectivity index (χ0n) is 14.9. The molecule has 0 radical (unpaired) electrons. The fourth-order valence-electron chi connectivity index (χ4n) is 2.84. The molecule has 28 heavy (non-hydrogen) atoms. The van der Waals surface area contributed by atoms with Crippen molar-refractivity contribution >= 4 is 34.2 Å². The van der Waals surface area contributed by atoms with Crippen molar-refractivity contribution in [2.45, 2.75) is 19.6 Å². The van der Waals surface area contributed by atoms with Gasteiger partial charge < -0.3 is 0 Å². The quantitative estimate of drug-likeness (QED) is 0.336. The summed E-state index contributed by atoms with van der Waals surface area (Å²) in [7, 11) is -1.24. The van der Waals surface area contributed by atoms with Crippen molar-refractivity contribution in [3.63, 3.8) is 0 Å². The predicted molar refractivity (Wildman–Crippen MR) is 119 cm³/mol. The first-order valence-corrected chi connectivity index (χ1v) is 11.1. The third-order valence-corrected chi connectivity index (χ3v) is 7.19. The van der Waals surface area contributed by atoms with Gasteiger partial charge in [-0.15, -0.1) is 0 Å². The molecular weight excluding hydrogens is 404 g/mol. The van der Waals surface area contributed by atoms with Gasteiger partial charge in [0.05, 0.1) is 15.7 Å². The summed E-state index contributed by atoms with van der Waals surface area (Å²) in [6, 6.07) is 33.6. The van der Waals surface area contributed by atoms with Gasteiger partial charge in [-0.1, -0.05) is 78.0 Å². The molecule has 0 amide bonds. The zero-order valence-corrected chi connectivity index (χ0v) is 17.3. The van der Waals surface area contributed by atoms with Gasteiger partial charge >= 0.3 is 0 Å². The van der Waals surface area contributed by atoms with E-state index in [1.54, 1.807) is 11.8 Å². The summed E-state index contributed by atoms with van der Waals surface area (Å²) in [5, 5.41) is 0.717. The Balaban J connectivity index is 1.60. The van der Waals surface area contributed by atoms with Crippen molar-refractivity contribution in [1.82, 2.24) is 0 Å². The Morgan fingerprint density at radius 1 is 0.643 bits per heavy atom. The summed E-state index contributed by atoms with van der Waals surface area (Å²) in [6.45, 7) is 0. The highest BCUT2D eigenvalue weighted by Crippen LogP contribution is 2.34. The second-order valence-corrected chi connectivity index (χ2v) is 9.16. The molecule has 0 aliphatic heterocycles. The molecule has 4 aromatic carbocycles. The summed E-state index contributed by atoms with van der Waals surface area (Å²) in [4.78, 5) is 3.76. The summed E-state index contributed by atoms with van der Waals surface area (Å²) >= 11 is 7.60. The Hall–Kier alpha value is -2.33. The Morgan fingerprint density at radius 2 is 1.21 bits per heavy atom. The van der Waals surface area contributed by atoms with Gasteiger partial charge in [0.15, 0.2) is 0 Å². The molecule has 0 aromatic heterocycles. The molecule has 0 N–H and O–H groups in total. The molecule has 138 valence electrons. The Bertz CT molecular complexity index is 1090. The molecule has 0 saturated heterocycles. The molecule has 4 heteroatoms. The van der Waals surface area contributed by atoms with E-state index in [-0.39, 0.29) is 0 Å². The van der Waals surface area contributed by atoms with Crippen LogP contribution in [-0.4, -0.2) is 4.21 Å². The highest BCUT2D eigenvalue weighted by atomic mass is 35.5. The highest BCUT2D eigenvalue weighted by Gasteiger charge is 2.13. The van der Waals surface area contributed by atoms with E-state index < -0.39 is 10.8 Å². The van der Waals surface area contributed by atoms with Gasteiger partial charge in [0.25, 0.3) is 0 Å². The number of halogens is 1. The van der Waals surface area contributed by atoms with Crippen LogP contribution in [0.3, 0.4) is 0 Å². The van der Waals surface area contributed by atoms with Crippen molar-refractivity contribution in [2.75, 3.05) is 0 Å². The normalized spacial score (nSPS) is 11.9. The maximum atomic E-state index is 13.2. The van der Waals surface area contributed by atoms with Crippen molar-refractivity contribution in [3.05, 3.63) is 108 Å². The summed E-state index contributed by atoms with van der Waals surface area (Å²) in [6.07, 6.45) is 0. The molecule has 0 aliphatic rings. The highest BCUT2D eigenvalue weighted by molar-refractivity contribution is 8.00. The molecule has 4 aromatic rings. The van der Waals surface area contributed by atoms with Crippen LogP contribution < -0.4 is 0 Å². The number of hydrogen-bond donors (Lipinski definition) is 0. The standard InChI is InChI=1S/C24H17ClOS2/c25-20-14-10-18(11-15-20)19-12-16-22(17-13-19)28(26)24-9-5-4-8-23(24)27-21-6-2-1-3-7-21/h1-17H. The van der Waals surface area contributed by atoms with Gasteiger partial charge in [-0.05, 0) is 59.7 Å². The topological polar surface area (TPSA) is 17.1 Å². The van der Waals surface area contributed by atoms with Crippen LogP contribution in [0.2, 0.25) is 5.02 Å². The van der Waals surface area contributed by atoms with Crippen molar-refractivity contribution in [3.8, 4) is 11.1 Å². The molecule has 1 nitrogen and oxygen atoms in total. The summed E-state index contributed by atoms with van der Waals surface area (Å²) in [5.41, 5.74) is 2.16. The molecule has 0 aliphatic carbocycles. The maximum Gasteiger partial charge on any atom is 0.0861 e. The predicted octanol–water partition coefficient (Wildman–Crippen LogP) is 7.32. The molecule has 0 bridgehead atoms. The van der Waals surface area contributed by atoms with Crippen molar-refractivity contribution in [1.29, 1.82) is 0 Å². The van der Waals surface area contributed by atoms with Crippen LogP contribution in [0.4, 0.5) is 0 Å². The largest absolute Gasteiger partial charge is 0.249 e. The smallest absolute Gasteiger partial charge is 0.0861 e. The molecule has 1 atom stereocenters. The lowest BCUT2D eigenvalue weighted by molar-refractivity contribution is 0.681. The summed E-state index contributed by atoms with van der Waals surface area (Å²) < 4.78 is 13.2. The van der Waals surface area contributed by atoms with Crippen LogP contribution in [0.15, 0.2) is 123 Å². The molecular formula is C24H17ClOS2. The van der Waals surface area contributed by atoms with Gasteiger partial charge in [-0.25, -0.2) is 4.21 Å². The molecule has 1 unspecified atom stereocenters. The van der Waals surface area contributed by atoms with E-state index >= 15 is 0 Å². The Morgan fingerprint density at radius 3 is 1.89 bits per heavy atom. The average Bonchev–Trinajstić information content (AvgIpc) is 2.75. The first kappa shape index (κ1) is 19.0. The number of hydrogen-bond acceptors (Lipinski definition) is 2. The van der Waals surface area contributed by atoms with E-state index in [0.717, 1.165) is 30.7 Å². The van der Waals surface area contributed by atoms with Gasteiger partial charge in [0.1, 0.15) is 0 Å². The third-order valence-electron chi connectivity index (χ3n) is 4.27. The molecule has 0 saturated carbocycles. The second kappa shape index (κ2) is 8.78. The SMILES string of the molecule is O=S(c1ccc(-c2ccc(Cl)cc2)cc1)c1ccccc1Sc1ccccc1. The second-order valence-electron chi connectivity index (χ2n) is 6.16. The number of rotatable bonds is 5. The van der Waals surface area contributed by atoms with E-state index in [1.807, 2.05) is 91.0 Å². The number of benzene rings is 4. The van der Waals surface area contributed by atoms with Crippen LogP contribution in [0.25, 0.3) is 11.1 Å².